The summed E-state index contributed by atoms with van der Waals surface area (Å²) in [5, 5.41) is 0. The second kappa shape index (κ2) is 15.8. The van der Waals surface area contributed by atoms with Crippen LogP contribution >= 0.6 is 0 Å². The summed E-state index contributed by atoms with van der Waals surface area (Å²) < 4.78 is 0. The molecule has 1 saturated carbocycles. The molecule has 0 heterocycles. The number of terminal acetylenes is 1. The van der Waals surface area contributed by atoms with Crippen LogP contribution < -0.4 is 0 Å². The zero-order valence-electron chi connectivity index (χ0n) is 29.6. The first kappa shape index (κ1) is 33.6. The lowest BCUT2D eigenvalue weighted by Gasteiger charge is -2.36. The van der Waals surface area contributed by atoms with Crippen molar-refractivity contribution in [3.05, 3.63) is 191 Å². The van der Waals surface area contributed by atoms with Crippen LogP contribution in [0, 0.1) is 36.0 Å². The molecule has 0 bridgehead atoms. The van der Waals surface area contributed by atoms with Crippen molar-refractivity contribution in [1.29, 1.82) is 0 Å². The molecule has 1 fully saturated rings. The van der Waals surface area contributed by atoms with E-state index in [9.17, 15) is 0 Å². The highest BCUT2D eigenvalue weighted by Gasteiger charge is 2.30. The van der Waals surface area contributed by atoms with E-state index in [1.54, 1.807) is 0 Å². The predicted octanol–water partition coefficient (Wildman–Crippen LogP) is 12.4. The summed E-state index contributed by atoms with van der Waals surface area (Å²) in [6.45, 7) is 7.01. The van der Waals surface area contributed by atoms with Crippen molar-refractivity contribution in [3.63, 3.8) is 0 Å². The summed E-state index contributed by atoms with van der Waals surface area (Å²) in [6, 6.07) is 37.9. The maximum Gasteiger partial charge on any atom is 0.0321 e. The first-order chi connectivity index (χ1) is 24.5. The molecular formula is C50H50. The Morgan fingerprint density at radius 1 is 0.740 bits per heavy atom. The Balaban J connectivity index is 1.03. The van der Waals surface area contributed by atoms with Crippen LogP contribution in [0.5, 0.6) is 0 Å². The van der Waals surface area contributed by atoms with Crippen molar-refractivity contribution >= 4 is 11.1 Å². The van der Waals surface area contributed by atoms with Gasteiger partial charge in [-0.25, -0.2) is 0 Å². The van der Waals surface area contributed by atoms with Gasteiger partial charge < -0.3 is 0 Å². The first-order valence-corrected chi connectivity index (χ1v) is 18.8. The number of hydrogen-bond acceptors (Lipinski definition) is 0. The van der Waals surface area contributed by atoms with Gasteiger partial charge in [0.05, 0.1) is 0 Å². The molecule has 0 heteroatoms. The maximum atomic E-state index is 6.01. The highest BCUT2D eigenvalue weighted by Crippen LogP contribution is 2.44. The molecule has 0 N–H and O–H groups in total. The van der Waals surface area contributed by atoms with E-state index in [0.29, 0.717) is 29.6 Å². The molecular weight excluding hydrogens is 601 g/mol. The van der Waals surface area contributed by atoms with Crippen molar-refractivity contribution in [2.45, 2.75) is 64.2 Å². The molecule has 3 unspecified atom stereocenters. The van der Waals surface area contributed by atoms with Crippen molar-refractivity contribution in [1.82, 2.24) is 0 Å². The molecule has 0 amide bonds. The molecule has 4 aromatic carbocycles. The summed E-state index contributed by atoms with van der Waals surface area (Å²) in [4.78, 5) is 0. The number of hydrogen-bond donors (Lipinski definition) is 0. The Labute approximate surface area is 301 Å². The molecule has 4 aromatic rings. The Kier molecular flexibility index (Phi) is 10.6. The first-order valence-electron chi connectivity index (χ1n) is 18.8. The normalized spacial score (nSPS) is 21.8. The van der Waals surface area contributed by atoms with Crippen LogP contribution in [-0.4, -0.2) is 0 Å². The smallest absolute Gasteiger partial charge is 0.0321 e. The average Bonchev–Trinajstić information content (AvgIpc) is 3.82. The van der Waals surface area contributed by atoms with Crippen LogP contribution in [0.1, 0.15) is 83.9 Å². The van der Waals surface area contributed by atoms with E-state index in [4.69, 9.17) is 13.0 Å². The van der Waals surface area contributed by atoms with E-state index in [1.807, 2.05) is 0 Å². The Hall–Kier alpha value is -4.86. The van der Waals surface area contributed by atoms with Crippen LogP contribution in [0.2, 0.25) is 0 Å². The molecule has 250 valence electrons. The second-order valence-corrected chi connectivity index (χ2v) is 14.9. The van der Waals surface area contributed by atoms with Crippen LogP contribution in [0.15, 0.2) is 152 Å². The minimum atomic E-state index is 0.396. The molecule has 7 rings (SSSR count). The van der Waals surface area contributed by atoms with Gasteiger partial charge >= 0.3 is 0 Å². The summed E-state index contributed by atoms with van der Waals surface area (Å²) >= 11 is 0. The Morgan fingerprint density at radius 3 is 2.12 bits per heavy atom. The molecule has 0 nitrogen and oxygen atoms in total. The predicted molar refractivity (Wildman–Crippen MR) is 214 cm³/mol. The van der Waals surface area contributed by atoms with Gasteiger partial charge in [-0.05, 0) is 132 Å². The van der Waals surface area contributed by atoms with Crippen molar-refractivity contribution in [2.24, 2.45) is 23.7 Å². The summed E-state index contributed by atoms with van der Waals surface area (Å²) in [5.41, 5.74) is 13.1. The number of rotatable bonds is 12. The van der Waals surface area contributed by atoms with Gasteiger partial charge in [0, 0.05) is 11.5 Å². The van der Waals surface area contributed by atoms with Gasteiger partial charge in [0.1, 0.15) is 0 Å². The molecule has 50 heavy (non-hydrogen) atoms. The molecule has 0 spiro atoms. The summed E-state index contributed by atoms with van der Waals surface area (Å²) in [5.74, 6) is 5.60. The van der Waals surface area contributed by atoms with Gasteiger partial charge in [-0.15, -0.1) is 6.42 Å². The van der Waals surface area contributed by atoms with Crippen LogP contribution in [0.3, 0.4) is 0 Å². The fourth-order valence-electron chi connectivity index (χ4n) is 8.58. The van der Waals surface area contributed by atoms with E-state index in [1.165, 1.54) is 75.8 Å². The van der Waals surface area contributed by atoms with Crippen LogP contribution in [-0.2, 0) is 19.3 Å². The van der Waals surface area contributed by atoms with Crippen LogP contribution in [0.4, 0.5) is 0 Å². The Morgan fingerprint density at radius 2 is 1.44 bits per heavy atom. The number of allylic oxidation sites excluding steroid dienone is 9. The largest absolute Gasteiger partial charge is 0.115 e. The maximum absolute atomic E-state index is 6.01. The lowest BCUT2D eigenvalue weighted by molar-refractivity contribution is 0.252. The van der Waals surface area contributed by atoms with Gasteiger partial charge in [0.25, 0.3) is 0 Å². The zero-order chi connectivity index (χ0) is 34.3. The molecule has 0 saturated heterocycles. The van der Waals surface area contributed by atoms with Gasteiger partial charge in [-0.2, -0.15) is 0 Å². The van der Waals surface area contributed by atoms with Crippen molar-refractivity contribution in [2.75, 3.05) is 0 Å². The zero-order valence-corrected chi connectivity index (χ0v) is 29.6. The number of aryl methyl sites for hydroxylation is 1. The van der Waals surface area contributed by atoms with Gasteiger partial charge in [0.15, 0.2) is 0 Å². The third-order valence-electron chi connectivity index (χ3n) is 11.3. The fourth-order valence-corrected chi connectivity index (χ4v) is 8.58. The third-order valence-corrected chi connectivity index (χ3v) is 11.3. The topological polar surface area (TPSA) is 0 Å². The van der Waals surface area contributed by atoms with E-state index in [2.05, 4.69) is 152 Å². The van der Waals surface area contributed by atoms with E-state index < -0.39 is 0 Å². The molecule has 0 aromatic heterocycles. The lowest BCUT2D eigenvalue weighted by atomic mass is 9.69. The van der Waals surface area contributed by atoms with Gasteiger partial charge in [-0.3, -0.25) is 0 Å². The van der Waals surface area contributed by atoms with Crippen LogP contribution in [0.25, 0.3) is 11.1 Å². The molecule has 3 aliphatic rings. The van der Waals surface area contributed by atoms with E-state index >= 15 is 0 Å². The SMILES string of the molecule is C#Cc1ccc(CC2CCC(C(C(=C)CCc3ccccc3)c3ccc(C4=CC(C)C=C4)cc3)CC2)cc1C1=CC(Cc2ccccc2)C=C1. The Bertz CT molecular complexity index is 1930. The van der Waals surface area contributed by atoms with Gasteiger partial charge in [-0.1, -0.05) is 152 Å². The average molecular weight is 651 g/mol. The third kappa shape index (κ3) is 8.12. The minimum Gasteiger partial charge on any atom is -0.115 e. The number of benzene rings is 4. The lowest BCUT2D eigenvalue weighted by Crippen LogP contribution is -2.23. The summed E-state index contributed by atoms with van der Waals surface area (Å²) in [7, 11) is 0. The van der Waals surface area contributed by atoms with E-state index in [-0.39, 0.29) is 0 Å². The second-order valence-electron chi connectivity index (χ2n) is 14.9. The molecule has 3 aliphatic carbocycles. The van der Waals surface area contributed by atoms with Crippen molar-refractivity contribution in [3.8, 4) is 12.3 Å². The molecule has 0 radical (unpaired) electrons. The monoisotopic (exact) mass is 650 g/mol. The van der Waals surface area contributed by atoms with Gasteiger partial charge in [0.2, 0.25) is 0 Å². The minimum absolute atomic E-state index is 0.396. The molecule has 3 atom stereocenters. The quantitative estimate of drug-likeness (QED) is 0.106. The molecule has 0 aliphatic heterocycles. The standard InChI is InChI=1S/C50H50/c1-4-43-23-20-42(35-49(43)48-26-21-41(34-48)32-39-13-9-6-10-14-39)33-40-18-24-45(25-19-40)50(37(3)16-17-38-11-7-5-8-12-38)46-29-27-44(28-30-46)47-22-15-36(2)31-47/h1,5-15,20-23,26-31,34-36,40-41,45,50H,3,16-19,24-25,32-33H2,2H3. The van der Waals surface area contributed by atoms with Crippen molar-refractivity contribution < 1.29 is 0 Å². The highest BCUT2D eigenvalue weighted by molar-refractivity contribution is 5.81. The summed E-state index contributed by atoms with van der Waals surface area (Å²) in [6.07, 6.45) is 29.2. The highest BCUT2D eigenvalue weighted by atomic mass is 14.4. The fraction of sp³-hybridized carbons (Fsp3) is 0.280. The van der Waals surface area contributed by atoms with E-state index in [0.717, 1.165) is 31.2 Å².